The van der Waals surface area contributed by atoms with E-state index in [1.165, 1.54) is 0 Å². The third-order valence-corrected chi connectivity index (χ3v) is 0.440. The molecule has 0 unspecified atom stereocenters. The van der Waals surface area contributed by atoms with Crippen LogP contribution in [0.3, 0.4) is 0 Å². The Morgan fingerprint density at radius 3 is 2.43 bits per heavy atom. The van der Waals surface area contributed by atoms with Crippen molar-refractivity contribution >= 4 is 0 Å². The third kappa shape index (κ3) is 10.7. The number of hydrogen-bond donors (Lipinski definition) is 1. The van der Waals surface area contributed by atoms with Gasteiger partial charge >= 0.3 is 18.9 Å². The first-order valence-electron chi connectivity index (χ1n) is 2.10. The van der Waals surface area contributed by atoms with E-state index in [-0.39, 0.29) is 26.9 Å². The normalized spacial score (nSPS) is 7.71. The maximum absolute atomic E-state index is 8.07. The van der Waals surface area contributed by atoms with Gasteiger partial charge in [-0.1, -0.05) is 0 Å². The first kappa shape index (κ1) is 10.5. The second-order valence-corrected chi connectivity index (χ2v) is 0.921. The van der Waals surface area contributed by atoms with E-state index in [2.05, 4.69) is 0 Å². The number of aliphatic hydroxyl groups excluding tert-OH is 1. The summed E-state index contributed by atoms with van der Waals surface area (Å²) in [5, 5.41) is 8.07. The molecule has 0 fully saturated rings. The monoisotopic (exact) mass is 98.1 g/mol. The summed E-state index contributed by atoms with van der Waals surface area (Å²) in [6.07, 6.45) is 0. The van der Waals surface area contributed by atoms with Crippen LogP contribution >= 0.6 is 0 Å². The van der Waals surface area contributed by atoms with Crippen molar-refractivity contribution in [3.63, 3.8) is 0 Å². The van der Waals surface area contributed by atoms with E-state index in [1.54, 1.807) is 0 Å². The second-order valence-electron chi connectivity index (χ2n) is 0.921. The van der Waals surface area contributed by atoms with Crippen LogP contribution in [0.25, 0.3) is 0 Å². The standard InChI is InChI=1S/C4H10O2.Li.H/c1-2-6-4-3-5;;/h5H,2-4H2,1H3;;/q;+1;-1. The van der Waals surface area contributed by atoms with E-state index in [0.29, 0.717) is 13.2 Å². The smallest absolute Gasteiger partial charge is 1.00 e. The van der Waals surface area contributed by atoms with Gasteiger partial charge in [-0.3, -0.25) is 0 Å². The summed E-state index contributed by atoms with van der Waals surface area (Å²) < 4.78 is 4.73. The molecule has 1 N–H and O–H groups in total. The number of aliphatic hydroxyl groups is 1. The van der Waals surface area contributed by atoms with Gasteiger partial charge < -0.3 is 11.3 Å². The Labute approximate surface area is 57.5 Å². The fraction of sp³-hybridized carbons (Fsp3) is 1.00. The zero-order valence-electron chi connectivity index (χ0n) is 5.98. The summed E-state index contributed by atoms with van der Waals surface area (Å²) in [5.41, 5.74) is 0. The maximum Gasteiger partial charge on any atom is 1.00 e. The SMILES string of the molecule is CCOCCO.[H-].[Li+]. The average Bonchev–Trinajstić information content (AvgIpc) is 1.61. The summed E-state index contributed by atoms with van der Waals surface area (Å²) in [5.74, 6) is 0. The van der Waals surface area contributed by atoms with E-state index in [0.717, 1.165) is 0 Å². The Hall–Kier alpha value is 0.517. The Morgan fingerprint density at radius 1 is 1.71 bits per heavy atom. The number of ether oxygens (including phenoxy) is 1. The fourth-order valence-corrected chi connectivity index (χ4v) is 0.209. The summed E-state index contributed by atoms with van der Waals surface area (Å²) in [6.45, 7) is 3.20. The van der Waals surface area contributed by atoms with Gasteiger partial charge in [0, 0.05) is 6.61 Å². The van der Waals surface area contributed by atoms with Crippen LogP contribution < -0.4 is 18.9 Å². The van der Waals surface area contributed by atoms with Gasteiger partial charge in [0.1, 0.15) is 0 Å². The van der Waals surface area contributed by atoms with Crippen LogP contribution in [0.5, 0.6) is 0 Å². The summed E-state index contributed by atoms with van der Waals surface area (Å²) in [4.78, 5) is 0. The van der Waals surface area contributed by atoms with E-state index in [1.807, 2.05) is 6.92 Å². The largest absolute Gasteiger partial charge is 1.00 e. The van der Waals surface area contributed by atoms with Crippen molar-refractivity contribution in [3.8, 4) is 0 Å². The van der Waals surface area contributed by atoms with Crippen molar-refractivity contribution in [1.29, 1.82) is 0 Å². The molecule has 0 saturated heterocycles. The molecule has 7 heavy (non-hydrogen) atoms. The zero-order chi connectivity index (χ0) is 4.83. The van der Waals surface area contributed by atoms with E-state index >= 15 is 0 Å². The quantitative estimate of drug-likeness (QED) is 0.304. The van der Waals surface area contributed by atoms with Crippen LogP contribution in [-0.4, -0.2) is 24.9 Å². The molecule has 0 rings (SSSR count). The van der Waals surface area contributed by atoms with Crippen LogP contribution in [-0.2, 0) is 4.74 Å². The van der Waals surface area contributed by atoms with E-state index in [4.69, 9.17) is 9.84 Å². The topological polar surface area (TPSA) is 29.5 Å². The predicted molar refractivity (Wildman–Crippen MR) is 24.7 cm³/mol. The molecule has 0 spiro atoms. The van der Waals surface area contributed by atoms with Crippen molar-refractivity contribution in [2.45, 2.75) is 6.92 Å². The van der Waals surface area contributed by atoms with Crippen LogP contribution in [0.4, 0.5) is 0 Å². The first-order valence-corrected chi connectivity index (χ1v) is 2.10. The van der Waals surface area contributed by atoms with E-state index in [9.17, 15) is 0 Å². The van der Waals surface area contributed by atoms with Crippen LogP contribution in [0.1, 0.15) is 8.35 Å². The van der Waals surface area contributed by atoms with Gasteiger partial charge in [-0.2, -0.15) is 0 Å². The van der Waals surface area contributed by atoms with Crippen LogP contribution in [0, 0.1) is 0 Å². The van der Waals surface area contributed by atoms with Gasteiger partial charge in [-0.25, -0.2) is 0 Å². The van der Waals surface area contributed by atoms with Gasteiger partial charge in [0.15, 0.2) is 0 Å². The molecule has 0 aromatic rings. The van der Waals surface area contributed by atoms with E-state index < -0.39 is 0 Å². The molecule has 0 bridgehead atoms. The van der Waals surface area contributed by atoms with Crippen LogP contribution in [0.2, 0.25) is 0 Å². The number of rotatable bonds is 3. The van der Waals surface area contributed by atoms with Crippen molar-refractivity contribution < 1.29 is 30.1 Å². The minimum Gasteiger partial charge on any atom is -1.00 e. The first-order chi connectivity index (χ1) is 2.91. The molecule has 0 aliphatic rings. The van der Waals surface area contributed by atoms with Gasteiger partial charge in [-0.05, 0) is 6.92 Å². The Morgan fingerprint density at radius 2 is 2.29 bits per heavy atom. The Bertz CT molecular complexity index is 26.0. The summed E-state index contributed by atoms with van der Waals surface area (Å²) >= 11 is 0. The van der Waals surface area contributed by atoms with Gasteiger partial charge in [0.2, 0.25) is 0 Å². The molecule has 0 aliphatic carbocycles. The summed E-state index contributed by atoms with van der Waals surface area (Å²) in [7, 11) is 0. The molecule has 3 heteroatoms. The fourth-order valence-electron chi connectivity index (χ4n) is 0.209. The van der Waals surface area contributed by atoms with Crippen molar-refractivity contribution in [3.05, 3.63) is 0 Å². The molecule has 2 nitrogen and oxygen atoms in total. The van der Waals surface area contributed by atoms with Crippen molar-refractivity contribution in [1.82, 2.24) is 0 Å². The van der Waals surface area contributed by atoms with Gasteiger partial charge in [-0.15, -0.1) is 0 Å². The van der Waals surface area contributed by atoms with Crippen molar-refractivity contribution in [2.24, 2.45) is 0 Å². The third-order valence-electron chi connectivity index (χ3n) is 0.440. The van der Waals surface area contributed by atoms with Crippen molar-refractivity contribution in [2.75, 3.05) is 19.8 Å². The molecular formula is C4H11LiO2. The molecule has 0 aromatic heterocycles. The molecule has 0 radical (unpaired) electrons. The molecule has 0 aromatic carbocycles. The Kier molecular flexibility index (Phi) is 14.6. The van der Waals surface area contributed by atoms with Gasteiger partial charge in [0.05, 0.1) is 13.2 Å². The van der Waals surface area contributed by atoms with Gasteiger partial charge in [0.25, 0.3) is 0 Å². The minimum atomic E-state index is 0. The zero-order valence-corrected chi connectivity index (χ0v) is 4.98. The van der Waals surface area contributed by atoms with Crippen LogP contribution in [0.15, 0.2) is 0 Å². The molecule has 0 heterocycles. The second kappa shape index (κ2) is 9.72. The molecule has 0 saturated carbocycles. The predicted octanol–water partition coefficient (Wildman–Crippen LogP) is -2.87. The number of hydrogen-bond acceptors (Lipinski definition) is 2. The molecule has 0 amide bonds. The molecule has 0 aliphatic heterocycles. The average molecular weight is 98.1 g/mol. The minimum absolute atomic E-state index is 0. The summed E-state index contributed by atoms with van der Waals surface area (Å²) in [6, 6.07) is 0. The molecule has 40 valence electrons. The maximum atomic E-state index is 8.07. The molecule has 0 atom stereocenters. The Balaban J connectivity index is -0.000000125. The molecular weight excluding hydrogens is 87.0 g/mol.